The van der Waals surface area contributed by atoms with Gasteiger partial charge in [-0.2, -0.15) is 10.1 Å². The van der Waals surface area contributed by atoms with Gasteiger partial charge in [-0.3, -0.25) is 0 Å². The lowest BCUT2D eigenvalue weighted by Gasteiger charge is -2.03. The smallest absolute Gasteiger partial charge is 0.502 e. The van der Waals surface area contributed by atoms with Gasteiger partial charge in [0.05, 0.1) is 6.20 Å². The van der Waals surface area contributed by atoms with E-state index < -0.39 is 6.09 Å². The number of nitrogens with zero attached hydrogens (tertiary/aromatic N) is 1. The van der Waals surface area contributed by atoms with Gasteiger partial charge in [0.25, 0.3) is 5.82 Å². The molecule has 0 atom stereocenters. The van der Waals surface area contributed by atoms with Crippen LogP contribution in [0.5, 0.6) is 0 Å². The molecule has 0 aliphatic rings. The average molecular weight is 154 g/mol. The van der Waals surface area contributed by atoms with E-state index in [1.54, 1.807) is 6.07 Å². The first-order chi connectivity index (χ1) is 5.20. The third-order valence-corrected chi connectivity index (χ3v) is 1.06. The molecule has 0 fully saturated rings. The zero-order chi connectivity index (χ0) is 8.27. The van der Waals surface area contributed by atoms with Crippen LogP contribution in [0.2, 0.25) is 0 Å². The molecular formula is C6H6N2O3. The van der Waals surface area contributed by atoms with E-state index in [1.165, 1.54) is 18.3 Å². The minimum absolute atomic E-state index is 0.000000000000000222. The molecule has 1 rings (SSSR count). The lowest BCUT2D eigenvalue weighted by atomic mass is 10.5. The first-order valence-electron chi connectivity index (χ1n) is 2.88. The first kappa shape index (κ1) is 7.33. The highest BCUT2D eigenvalue weighted by atomic mass is 16.5. The van der Waals surface area contributed by atoms with Gasteiger partial charge >= 0.3 is 6.09 Å². The summed E-state index contributed by atoms with van der Waals surface area (Å²) in [5, 5.41) is 20.9. The van der Waals surface area contributed by atoms with Crippen LogP contribution in [-0.4, -0.2) is 11.2 Å². The highest BCUT2D eigenvalue weighted by molar-refractivity contribution is 5.80. The number of carboxylic acid groups (broad SMARTS) is 1. The maximum Gasteiger partial charge on any atom is 0.502 e. The van der Waals surface area contributed by atoms with Crippen LogP contribution in [0, 0.1) is 5.21 Å². The van der Waals surface area contributed by atoms with E-state index in [9.17, 15) is 10.0 Å². The molecule has 0 saturated carbocycles. The van der Waals surface area contributed by atoms with E-state index in [1.807, 2.05) is 5.32 Å². The van der Waals surface area contributed by atoms with Crippen LogP contribution in [-0.2, 0) is 0 Å². The fraction of sp³-hybridized carbons (Fsp3) is 0. The predicted molar refractivity (Wildman–Crippen MR) is 37.0 cm³/mol. The van der Waals surface area contributed by atoms with Gasteiger partial charge in [-0.05, 0) is 6.07 Å². The molecule has 58 valence electrons. The van der Waals surface area contributed by atoms with Crippen LogP contribution >= 0.6 is 0 Å². The summed E-state index contributed by atoms with van der Waals surface area (Å²) in [5.41, 5.74) is 0. The van der Waals surface area contributed by atoms with Gasteiger partial charge in [0.1, 0.15) is 0 Å². The van der Waals surface area contributed by atoms with Crippen molar-refractivity contribution in [2.45, 2.75) is 0 Å². The first-order valence-corrected chi connectivity index (χ1v) is 2.88. The Labute approximate surface area is 62.5 Å². The fourth-order valence-electron chi connectivity index (χ4n) is 0.635. The second-order valence-electron chi connectivity index (χ2n) is 1.84. The van der Waals surface area contributed by atoms with E-state index in [0.29, 0.717) is 4.73 Å². The van der Waals surface area contributed by atoms with Crippen LogP contribution < -0.4 is 10.0 Å². The van der Waals surface area contributed by atoms with Crippen LogP contribution in [0.15, 0.2) is 24.4 Å². The summed E-state index contributed by atoms with van der Waals surface area (Å²) in [7, 11) is 0. The largest absolute Gasteiger partial charge is 0.711 e. The van der Waals surface area contributed by atoms with Gasteiger partial charge < -0.3 is 10.3 Å². The van der Waals surface area contributed by atoms with Crippen LogP contribution in [0.4, 0.5) is 10.6 Å². The number of hydrogen-bond acceptors (Lipinski definition) is 2. The quantitative estimate of drug-likeness (QED) is 0.454. The predicted octanol–water partition coefficient (Wildman–Crippen LogP) is 0.410. The molecule has 0 aliphatic heterocycles. The van der Waals surface area contributed by atoms with Crippen molar-refractivity contribution >= 4 is 11.9 Å². The fourth-order valence-corrected chi connectivity index (χ4v) is 0.635. The minimum Gasteiger partial charge on any atom is -0.711 e. The van der Waals surface area contributed by atoms with Crippen LogP contribution in [0.1, 0.15) is 0 Å². The van der Waals surface area contributed by atoms with Gasteiger partial charge in [0.15, 0.2) is 0 Å². The van der Waals surface area contributed by atoms with Crippen molar-refractivity contribution < 1.29 is 14.6 Å². The summed E-state index contributed by atoms with van der Waals surface area (Å²) in [5.74, 6) is 0.000000000000000222. The van der Waals surface area contributed by atoms with Gasteiger partial charge in [-0.1, -0.05) is 6.07 Å². The van der Waals surface area contributed by atoms with Gasteiger partial charge in [-0.15, -0.1) is 0 Å². The lowest BCUT2D eigenvalue weighted by Crippen LogP contribution is -2.31. The highest BCUT2D eigenvalue weighted by Gasteiger charge is 2.06. The topological polar surface area (TPSA) is 76.3 Å². The van der Waals surface area contributed by atoms with Crippen molar-refractivity contribution in [3.8, 4) is 0 Å². The summed E-state index contributed by atoms with van der Waals surface area (Å²) in [6.45, 7) is 0. The lowest BCUT2D eigenvalue weighted by molar-refractivity contribution is -0.590. The molecule has 0 radical (unpaired) electrons. The molecule has 0 spiro atoms. The summed E-state index contributed by atoms with van der Waals surface area (Å²) >= 11 is 0. The maximum absolute atomic E-state index is 10.7. The van der Waals surface area contributed by atoms with Gasteiger partial charge in [-0.25, -0.2) is 4.73 Å². The second kappa shape index (κ2) is 2.87. The number of nitrogens with one attached hydrogen (secondary N) is 1. The zero-order valence-electron chi connectivity index (χ0n) is 5.52. The molecule has 1 heterocycles. The highest BCUT2D eigenvalue weighted by Crippen LogP contribution is 1.95. The molecular weight excluding hydrogens is 148 g/mol. The number of anilines is 1. The zero-order valence-corrected chi connectivity index (χ0v) is 5.52. The molecule has 0 saturated heterocycles. The second-order valence-corrected chi connectivity index (χ2v) is 1.84. The molecule has 1 aromatic heterocycles. The van der Waals surface area contributed by atoms with Crippen molar-refractivity contribution in [1.82, 2.24) is 0 Å². The Balaban J connectivity index is 2.86. The molecule has 5 nitrogen and oxygen atoms in total. The Kier molecular flexibility index (Phi) is 1.91. The monoisotopic (exact) mass is 154 g/mol. The van der Waals surface area contributed by atoms with Gasteiger partial charge in [0, 0.05) is 6.07 Å². The number of rotatable bonds is 1. The summed E-state index contributed by atoms with van der Waals surface area (Å²) in [6, 6.07) is 4.46. The SMILES string of the molecule is O=C(O)Nc1cccc[n+]1[O-]. The van der Waals surface area contributed by atoms with E-state index in [2.05, 4.69) is 0 Å². The number of amides is 1. The number of pyridine rings is 1. The third-order valence-electron chi connectivity index (χ3n) is 1.06. The van der Waals surface area contributed by atoms with Crippen molar-refractivity contribution in [2.75, 3.05) is 5.32 Å². The van der Waals surface area contributed by atoms with Crippen LogP contribution in [0.3, 0.4) is 0 Å². The molecule has 1 amide bonds. The molecule has 5 heteroatoms. The van der Waals surface area contributed by atoms with Crippen LogP contribution in [0.25, 0.3) is 0 Å². The number of carbonyl (C=O) groups is 1. The van der Waals surface area contributed by atoms with Crippen molar-refractivity contribution in [3.63, 3.8) is 0 Å². The Morgan fingerprint density at radius 1 is 1.64 bits per heavy atom. The summed E-state index contributed by atoms with van der Waals surface area (Å²) in [4.78, 5) is 10.1. The Bertz CT molecular complexity index is 274. The van der Waals surface area contributed by atoms with Gasteiger partial charge in [0.2, 0.25) is 0 Å². The summed E-state index contributed by atoms with van der Waals surface area (Å²) in [6.07, 6.45) is -0.0357. The maximum atomic E-state index is 10.7. The van der Waals surface area contributed by atoms with E-state index in [4.69, 9.17) is 5.11 Å². The standard InChI is InChI=1S/C6H6N2O3/c9-6(10)7-5-3-1-2-4-8(5)11/h1-4,7H,(H,9,10). The van der Waals surface area contributed by atoms with Crippen molar-refractivity contribution in [3.05, 3.63) is 29.6 Å². The average Bonchev–Trinajstić information content (AvgIpc) is 1.93. The minimum atomic E-state index is -1.25. The molecule has 1 aromatic rings. The van der Waals surface area contributed by atoms with Crippen molar-refractivity contribution in [2.24, 2.45) is 0 Å². The molecule has 0 bridgehead atoms. The molecule has 0 aliphatic carbocycles. The van der Waals surface area contributed by atoms with E-state index >= 15 is 0 Å². The normalized spacial score (nSPS) is 9.09. The Hall–Kier alpha value is -1.78. The van der Waals surface area contributed by atoms with Crippen molar-refractivity contribution in [1.29, 1.82) is 0 Å². The molecule has 0 aromatic carbocycles. The van der Waals surface area contributed by atoms with E-state index in [0.717, 1.165) is 0 Å². The molecule has 11 heavy (non-hydrogen) atoms. The number of hydrogen-bond donors (Lipinski definition) is 2. The third kappa shape index (κ3) is 1.82. The molecule has 0 unspecified atom stereocenters. The summed E-state index contributed by atoms with van der Waals surface area (Å²) < 4.78 is 0.439. The Morgan fingerprint density at radius 3 is 2.91 bits per heavy atom. The van der Waals surface area contributed by atoms with E-state index in [-0.39, 0.29) is 5.82 Å². The Morgan fingerprint density at radius 2 is 2.36 bits per heavy atom. The molecule has 2 N–H and O–H groups in total. The number of aromatic nitrogens is 1.